The number of anilines is 1. The van der Waals surface area contributed by atoms with Crippen LogP contribution in [0.1, 0.15) is 32.4 Å². The summed E-state index contributed by atoms with van der Waals surface area (Å²) < 4.78 is 2.03. The number of hydrogen-bond donors (Lipinski definition) is 1. The quantitative estimate of drug-likeness (QED) is 0.772. The molecule has 1 aromatic rings. The number of aromatic nitrogens is 2. The molecule has 1 rings (SSSR count). The van der Waals surface area contributed by atoms with Gasteiger partial charge in [-0.2, -0.15) is 0 Å². The zero-order valence-corrected chi connectivity index (χ0v) is 8.96. The van der Waals surface area contributed by atoms with E-state index in [1.807, 2.05) is 24.7 Å². The van der Waals surface area contributed by atoms with Gasteiger partial charge in [-0.3, -0.25) is 0 Å². The molecule has 1 atom stereocenters. The molecule has 0 fully saturated rings. The lowest BCUT2D eigenvalue weighted by molar-refractivity contribution is 0.678. The third-order valence-electron chi connectivity index (χ3n) is 2.09. The van der Waals surface area contributed by atoms with Crippen LogP contribution < -0.4 is 5.32 Å². The molecule has 0 saturated carbocycles. The first kappa shape index (κ1) is 10.1. The zero-order valence-electron chi connectivity index (χ0n) is 8.96. The highest BCUT2D eigenvalue weighted by Crippen LogP contribution is 2.09. The van der Waals surface area contributed by atoms with Gasteiger partial charge in [-0.05, 0) is 20.3 Å². The molecule has 1 N–H and O–H groups in total. The SMILES string of the molecule is CCCC(C)Nc1nc(C)cn1C. The van der Waals surface area contributed by atoms with E-state index in [0.29, 0.717) is 6.04 Å². The summed E-state index contributed by atoms with van der Waals surface area (Å²) in [7, 11) is 2.01. The van der Waals surface area contributed by atoms with Crippen LogP contribution in [0, 0.1) is 6.92 Å². The Balaban J connectivity index is 2.57. The van der Waals surface area contributed by atoms with E-state index in [2.05, 4.69) is 24.1 Å². The van der Waals surface area contributed by atoms with Crippen LogP contribution in [0.5, 0.6) is 0 Å². The summed E-state index contributed by atoms with van der Waals surface area (Å²) in [5.74, 6) is 0.971. The molecule has 1 aromatic heterocycles. The minimum absolute atomic E-state index is 0.505. The first-order valence-corrected chi connectivity index (χ1v) is 4.90. The molecule has 74 valence electrons. The molecule has 3 heteroatoms. The summed E-state index contributed by atoms with van der Waals surface area (Å²) in [6.07, 6.45) is 4.42. The van der Waals surface area contributed by atoms with Crippen LogP contribution in [0.25, 0.3) is 0 Å². The molecular formula is C10H19N3. The van der Waals surface area contributed by atoms with Crippen molar-refractivity contribution in [1.29, 1.82) is 0 Å². The number of aryl methyl sites for hydroxylation is 2. The van der Waals surface area contributed by atoms with E-state index < -0.39 is 0 Å². The number of rotatable bonds is 4. The standard InChI is InChI=1S/C10H19N3/c1-5-6-8(2)11-10-12-9(3)7-13(10)4/h7-8H,5-6H2,1-4H3,(H,11,12). The lowest BCUT2D eigenvalue weighted by Crippen LogP contribution is -2.17. The van der Waals surface area contributed by atoms with E-state index in [-0.39, 0.29) is 0 Å². The number of hydrogen-bond acceptors (Lipinski definition) is 2. The van der Waals surface area contributed by atoms with Crippen LogP contribution in [0.4, 0.5) is 5.95 Å². The molecule has 0 aliphatic rings. The third kappa shape index (κ3) is 2.76. The average molecular weight is 181 g/mol. The van der Waals surface area contributed by atoms with Gasteiger partial charge in [0.1, 0.15) is 0 Å². The van der Waals surface area contributed by atoms with Gasteiger partial charge in [0.05, 0.1) is 5.69 Å². The minimum Gasteiger partial charge on any atom is -0.353 e. The van der Waals surface area contributed by atoms with E-state index in [9.17, 15) is 0 Å². The van der Waals surface area contributed by atoms with Crippen molar-refractivity contribution < 1.29 is 0 Å². The van der Waals surface area contributed by atoms with Crippen LogP contribution in [0.3, 0.4) is 0 Å². The van der Waals surface area contributed by atoms with Crippen LogP contribution in [-0.4, -0.2) is 15.6 Å². The number of nitrogens with zero attached hydrogens (tertiary/aromatic N) is 2. The van der Waals surface area contributed by atoms with Crippen LogP contribution in [-0.2, 0) is 7.05 Å². The lowest BCUT2D eigenvalue weighted by atomic mass is 10.2. The molecule has 0 aromatic carbocycles. The fourth-order valence-corrected chi connectivity index (χ4v) is 1.48. The Hall–Kier alpha value is -0.990. The molecule has 1 heterocycles. The van der Waals surface area contributed by atoms with Gasteiger partial charge in [-0.15, -0.1) is 0 Å². The molecule has 0 radical (unpaired) electrons. The average Bonchev–Trinajstić information content (AvgIpc) is 2.30. The second-order valence-electron chi connectivity index (χ2n) is 3.65. The first-order valence-electron chi connectivity index (χ1n) is 4.90. The van der Waals surface area contributed by atoms with Crippen LogP contribution in [0.2, 0.25) is 0 Å². The predicted molar refractivity (Wildman–Crippen MR) is 55.9 cm³/mol. The maximum atomic E-state index is 4.38. The van der Waals surface area contributed by atoms with Crippen LogP contribution in [0.15, 0.2) is 6.20 Å². The summed E-state index contributed by atoms with van der Waals surface area (Å²) in [5, 5.41) is 3.38. The monoisotopic (exact) mass is 181 g/mol. The molecule has 0 aliphatic carbocycles. The number of nitrogens with one attached hydrogen (secondary N) is 1. The molecule has 13 heavy (non-hydrogen) atoms. The fourth-order valence-electron chi connectivity index (χ4n) is 1.48. The van der Waals surface area contributed by atoms with E-state index in [4.69, 9.17) is 0 Å². The second-order valence-corrected chi connectivity index (χ2v) is 3.65. The Kier molecular flexibility index (Phi) is 3.34. The normalized spacial score (nSPS) is 12.9. The highest BCUT2D eigenvalue weighted by Gasteiger charge is 2.05. The van der Waals surface area contributed by atoms with E-state index in [1.165, 1.54) is 12.8 Å². The van der Waals surface area contributed by atoms with Gasteiger partial charge in [0.15, 0.2) is 0 Å². The summed E-state index contributed by atoms with van der Waals surface area (Å²) in [6, 6.07) is 0.505. The molecule has 0 amide bonds. The van der Waals surface area contributed by atoms with Gasteiger partial charge < -0.3 is 9.88 Å². The van der Waals surface area contributed by atoms with Crippen molar-refractivity contribution in [3.63, 3.8) is 0 Å². The van der Waals surface area contributed by atoms with Gasteiger partial charge in [0.2, 0.25) is 5.95 Å². The van der Waals surface area contributed by atoms with Crippen molar-refractivity contribution in [3.8, 4) is 0 Å². The summed E-state index contributed by atoms with van der Waals surface area (Å²) in [6.45, 7) is 6.39. The molecule has 0 aliphatic heterocycles. The van der Waals surface area contributed by atoms with Crippen molar-refractivity contribution in [1.82, 2.24) is 9.55 Å². The Morgan fingerprint density at radius 1 is 1.62 bits per heavy atom. The van der Waals surface area contributed by atoms with Crippen molar-refractivity contribution in [2.45, 2.75) is 39.7 Å². The highest BCUT2D eigenvalue weighted by atomic mass is 15.2. The van der Waals surface area contributed by atoms with E-state index in [1.54, 1.807) is 0 Å². The van der Waals surface area contributed by atoms with Crippen molar-refractivity contribution in [3.05, 3.63) is 11.9 Å². The first-order chi connectivity index (χ1) is 6.13. The Bertz CT molecular complexity index is 265. The minimum atomic E-state index is 0.505. The third-order valence-corrected chi connectivity index (χ3v) is 2.09. The largest absolute Gasteiger partial charge is 0.353 e. The molecule has 3 nitrogen and oxygen atoms in total. The zero-order chi connectivity index (χ0) is 9.84. The Morgan fingerprint density at radius 2 is 2.31 bits per heavy atom. The van der Waals surface area contributed by atoms with Gasteiger partial charge in [0.25, 0.3) is 0 Å². The lowest BCUT2D eigenvalue weighted by Gasteiger charge is -2.12. The molecule has 0 bridgehead atoms. The van der Waals surface area contributed by atoms with Gasteiger partial charge in [-0.25, -0.2) is 4.98 Å². The predicted octanol–water partition coefficient (Wildman–Crippen LogP) is 2.33. The van der Waals surface area contributed by atoms with Crippen molar-refractivity contribution >= 4 is 5.95 Å². The van der Waals surface area contributed by atoms with E-state index in [0.717, 1.165) is 11.6 Å². The van der Waals surface area contributed by atoms with Gasteiger partial charge in [0, 0.05) is 19.3 Å². The maximum Gasteiger partial charge on any atom is 0.202 e. The van der Waals surface area contributed by atoms with Crippen molar-refractivity contribution in [2.75, 3.05) is 5.32 Å². The fraction of sp³-hybridized carbons (Fsp3) is 0.700. The smallest absolute Gasteiger partial charge is 0.202 e. The molecule has 0 saturated heterocycles. The second kappa shape index (κ2) is 4.30. The topological polar surface area (TPSA) is 29.9 Å². The Labute approximate surface area is 80.2 Å². The summed E-state index contributed by atoms with van der Waals surface area (Å²) in [4.78, 5) is 4.38. The van der Waals surface area contributed by atoms with Gasteiger partial charge >= 0.3 is 0 Å². The van der Waals surface area contributed by atoms with E-state index >= 15 is 0 Å². The highest BCUT2D eigenvalue weighted by molar-refractivity contribution is 5.29. The molecular weight excluding hydrogens is 162 g/mol. The summed E-state index contributed by atoms with van der Waals surface area (Å²) in [5.41, 5.74) is 1.06. The Morgan fingerprint density at radius 3 is 2.77 bits per heavy atom. The van der Waals surface area contributed by atoms with Gasteiger partial charge in [-0.1, -0.05) is 13.3 Å². The summed E-state index contributed by atoms with van der Waals surface area (Å²) >= 11 is 0. The maximum absolute atomic E-state index is 4.38. The molecule has 1 unspecified atom stereocenters. The molecule has 0 spiro atoms. The van der Waals surface area contributed by atoms with Crippen LogP contribution >= 0.6 is 0 Å². The van der Waals surface area contributed by atoms with Crippen molar-refractivity contribution in [2.24, 2.45) is 7.05 Å². The number of imidazole rings is 1.